The van der Waals surface area contributed by atoms with Gasteiger partial charge in [-0.25, -0.2) is 0 Å². The van der Waals surface area contributed by atoms with Crippen LogP contribution in [0.3, 0.4) is 0 Å². The summed E-state index contributed by atoms with van der Waals surface area (Å²) in [6, 6.07) is 8.64. The summed E-state index contributed by atoms with van der Waals surface area (Å²) in [5.41, 5.74) is 5.10. The number of aryl methyl sites for hydroxylation is 2. The molecule has 0 aliphatic rings. The zero-order chi connectivity index (χ0) is 13.7. The lowest BCUT2D eigenvalue weighted by molar-refractivity contribution is 0.560. The summed E-state index contributed by atoms with van der Waals surface area (Å²) in [6.45, 7) is 7.08. The number of benzene rings is 1. The van der Waals surface area contributed by atoms with E-state index in [2.05, 4.69) is 49.3 Å². The smallest absolute Gasteiger partial charge is 0.0947 e. The van der Waals surface area contributed by atoms with E-state index in [-0.39, 0.29) is 0 Å². The van der Waals surface area contributed by atoms with Gasteiger partial charge in [0.1, 0.15) is 0 Å². The summed E-state index contributed by atoms with van der Waals surface area (Å²) in [5, 5.41) is 3.42. The Kier molecular flexibility index (Phi) is 4.63. The lowest BCUT2D eigenvalue weighted by Gasteiger charge is -2.20. The molecule has 0 aliphatic heterocycles. The van der Waals surface area contributed by atoms with Crippen LogP contribution in [0.2, 0.25) is 0 Å². The number of hydrogen-bond donors (Lipinski definition) is 1. The van der Waals surface area contributed by atoms with Crippen molar-refractivity contribution in [2.45, 2.75) is 20.4 Å². The first kappa shape index (κ1) is 13.7. The first-order valence-electron chi connectivity index (χ1n) is 6.66. The number of anilines is 1. The minimum atomic E-state index is 0.858. The number of nitrogens with zero attached hydrogens (tertiary/aromatic N) is 1. The van der Waals surface area contributed by atoms with Crippen LogP contribution >= 0.6 is 0 Å². The molecule has 0 bridgehead atoms. The van der Waals surface area contributed by atoms with Gasteiger partial charge in [0, 0.05) is 37.9 Å². The maximum atomic E-state index is 5.04. The molecule has 0 radical (unpaired) electrons. The summed E-state index contributed by atoms with van der Waals surface area (Å²) in [7, 11) is 2.13. The molecule has 2 aromatic rings. The highest BCUT2D eigenvalue weighted by molar-refractivity contribution is 5.50. The molecule has 0 spiro atoms. The maximum absolute atomic E-state index is 5.04. The van der Waals surface area contributed by atoms with Crippen LogP contribution < -0.4 is 10.2 Å². The minimum absolute atomic E-state index is 0.858. The standard InChI is InChI=1S/C16H22N2O/c1-13-8-14(2)10-16(9-13)18(3)6-5-17-11-15-4-7-19-12-15/h4,7-10,12,17H,5-6,11H2,1-3H3. The van der Waals surface area contributed by atoms with Gasteiger partial charge in [-0.1, -0.05) is 6.07 Å². The van der Waals surface area contributed by atoms with Gasteiger partial charge in [0.05, 0.1) is 12.5 Å². The molecule has 0 amide bonds. The van der Waals surface area contributed by atoms with Crippen molar-refractivity contribution in [1.29, 1.82) is 0 Å². The van der Waals surface area contributed by atoms with Crippen molar-refractivity contribution >= 4 is 5.69 Å². The number of likely N-dealkylation sites (N-methyl/N-ethyl adjacent to an activating group) is 1. The fourth-order valence-corrected chi connectivity index (χ4v) is 2.17. The van der Waals surface area contributed by atoms with Gasteiger partial charge in [0.15, 0.2) is 0 Å². The predicted octanol–water partition coefficient (Wildman–Crippen LogP) is 3.12. The van der Waals surface area contributed by atoms with Crippen LogP contribution in [0, 0.1) is 13.8 Å². The summed E-state index contributed by atoms with van der Waals surface area (Å²) in [5.74, 6) is 0. The third-order valence-corrected chi connectivity index (χ3v) is 3.18. The van der Waals surface area contributed by atoms with Gasteiger partial charge in [-0.05, 0) is 43.2 Å². The van der Waals surface area contributed by atoms with E-state index in [4.69, 9.17) is 4.42 Å². The summed E-state index contributed by atoms with van der Waals surface area (Å²) < 4.78 is 5.04. The largest absolute Gasteiger partial charge is 0.472 e. The molecule has 19 heavy (non-hydrogen) atoms. The molecule has 1 N–H and O–H groups in total. The Bertz CT molecular complexity index is 485. The van der Waals surface area contributed by atoms with Crippen LogP contribution in [0.5, 0.6) is 0 Å². The monoisotopic (exact) mass is 258 g/mol. The average Bonchev–Trinajstić information content (AvgIpc) is 2.86. The van der Waals surface area contributed by atoms with E-state index in [1.54, 1.807) is 12.5 Å². The number of rotatable bonds is 6. The lowest BCUT2D eigenvalue weighted by atomic mass is 10.1. The fourth-order valence-electron chi connectivity index (χ4n) is 2.17. The second kappa shape index (κ2) is 6.43. The highest BCUT2D eigenvalue weighted by Gasteiger charge is 2.02. The number of furan rings is 1. The normalized spacial score (nSPS) is 10.7. The van der Waals surface area contributed by atoms with Gasteiger partial charge in [0.2, 0.25) is 0 Å². The van der Waals surface area contributed by atoms with E-state index in [0.29, 0.717) is 0 Å². The van der Waals surface area contributed by atoms with Crippen LogP contribution in [0.25, 0.3) is 0 Å². The van der Waals surface area contributed by atoms with Gasteiger partial charge >= 0.3 is 0 Å². The van der Waals surface area contributed by atoms with Gasteiger partial charge < -0.3 is 14.6 Å². The first-order valence-corrected chi connectivity index (χ1v) is 6.66. The Labute approximate surface area is 115 Å². The molecule has 0 unspecified atom stereocenters. The molecular weight excluding hydrogens is 236 g/mol. The van der Waals surface area contributed by atoms with E-state index >= 15 is 0 Å². The maximum Gasteiger partial charge on any atom is 0.0947 e. The molecule has 1 aromatic carbocycles. The van der Waals surface area contributed by atoms with Crippen molar-refractivity contribution in [2.75, 3.05) is 25.0 Å². The van der Waals surface area contributed by atoms with Crippen LogP contribution in [-0.4, -0.2) is 20.1 Å². The van der Waals surface area contributed by atoms with Crippen molar-refractivity contribution in [1.82, 2.24) is 5.32 Å². The quantitative estimate of drug-likeness (QED) is 0.807. The topological polar surface area (TPSA) is 28.4 Å². The Balaban J connectivity index is 1.79. The minimum Gasteiger partial charge on any atom is -0.472 e. The summed E-state index contributed by atoms with van der Waals surface area (Å²) in [6.07, 6.45) is 3.49. The molecule has 3 nitrogen and oxygen atoms in total. The van der Waals surface area contributed by atoms with Gasteiger partial charge in [0.25, 0.3) is 0 Å². The third-order valence-electron chi connectivity index (χ3n) is 3.18. The van der Waals surface area contributed by atoms with Crippen molar-refractivity contribution in [3.8, 4) is 0 Å². The van der Waals surface area contributed by atoms with Gasteiger partial charge in [-0.3, -0.25) is 0 Å². The predicted molar refractivity (Wildman–Crippen MR) is 79.6 cm³/mol. The molecule has 0 fully saturated rings. The Morgan fingerprint density at radius 2 is 1.89 bits per heavy atom. The van der Waals surface area contributed by atoms with E-state index in [1.165, 1.54) is 22.4 Å². The zero-order valence-electron chi connectivity index (χ0n) is 11.9. The van der Waals surface area contributed by atoms with Crippen molar-refractivity contribution in [3.05, 3.63) is 53.5 Å². The Hall–Kier alpha value is -1.74. The van der Waals surface area contributed by atoms with Crippen LogP contribution in [-0.2, 0) is 6.54 Å². The van der Waals surface area contributed by atoms with Crippen LogP contribution in [0.4, 0.5) is 5.69 Å². The van der Waals surface area contributed by atoms with E-state index in [9.17, 15) is 0 Å². The Morgan fingerprint density at radius 3 is 2.53 bits per heavy atom. The highest BCUT2D eigenvalue weighted by atomic mass is 16.3. The van der Waals surface area contributed by atoms with E-state index in [0.717, 1.165) is 19.6 Å². The molecule has 0 atom stereocenters. The summed E-state index contributed by atoms with van der Waals surface area (Å²) >= 11 is 0. The Morgan fingerprint density at radius 1 is 1.16 bits per heavy atom. The lowest BCUT2D eigenvalue weighted by Crippen LogP contribution is -2.28. The van der Waals surface area contributed by atoms with Crippen molar-refractivity contribution < 1.29 is 4.42 Å². The molecule has 1 aromatic heterocycles. The highest BCUT2D eigenvalue weighted by Crippen LogP contribution is 2.16. The molecule has 0 saturated carbocycles. The van der Waals surface area contributed by atoms with Crippen molar-refractivity contribution in [3.63, 3.8) is 0 Å². The SMILES string of the molecule is Cc1cc(C)cc(N(C)CCNCc2ccoc2)c1. The second-order valence-corrected chi connectivity index (χ2v) is 5.08. The first-order chi connectivity index (χ1) is 9.15. The average molecular weight is 258 g/mol. The van der Waals surface area contributed by atoms with Crippen LogP contribution in [0.1, 0.15) is 16.7 Å². The van der Waals surface area contributed by atoms with Crippen LogP contribution in [0.15, 0.2) is 41.2 Å². The van der Waals surface area contributed by atoms with E-state index in [1.807, 2.05) is 6.07 Å². The molecule has 3 heteroatoms. The third kappa shape index (κ3) is 4.14. The molecule has 0 saturated heterocycles. The van der Waals surface area contributed by atoms with Crippen molar-refractivity contribution in [2.24, 2.45) is 0 Å². The zero-order valence-corrected chi connectivity index (χ0v) is 11.9. The molecule has 0 aliphatic carbocycles. The summed E-state index contributed by atoms with van der Waals surface area (Å²) in [4.78, 5) is 2.28. The molecule has 1 heterocycles. The van der Waals surface area contributed by atoms with Gasteiger partial charge in [-0.15, -0.1) is 0 Å². The number of nitrogens with one attached hydrogen (secondary N) is 1. The molecule has 2 rings (SSSR count). The second-order valence-electron chi connectivity index (χ2n) is 5.08. The van der Waals surface area contributed by atoms with E-state index < -0.39 is 0 Å². The number of hydrogen-bond acceptors (Lipinski definition) is 3. The molecular formula is C16H22N2O. The van der Waals surface area contributed by atoms with Gasteiger partial charge in [-0.2, -0.15) is 0 Å². The fraction of sp³-hybridized carbons (Fsp3) is 0.375. The molecule has 102 valence electrons.